The number of rotatable bonds is 7. The van der Waals surface area contributed by atoms with Gasteiger partial charge in [-0.15, -0.1) is 12.4 Å². The summed E-state index contributed by atoms with van der Waals surface area (Å²) >= 11 is 0. The third-order valence-electron chi connectivity index (χ3n) is 3.92. The summed E-state index contributed by atoms with van der Waals surface area (Å²) in [7, 11) is 1.60. The molecule has 0 aromatic heterocycles. The Morgan fingerprint density at radius 2 is 2.00 bits per heavy atom. The van der Waals surface area contributed by atoms with E-state index in [-0.39, 0.29) is 24.4 Å². The van der Waals surface area contributed by atoms with Crippen LogP contribution in [-0.4, -0.2) is 31.7 Å². The molecule has 4 nitrogen and oxygen atoms in total. The van der Waals surface area contributed by atoms with Gasteiger partial charge in [0, 0.05) is 19.7 Å². The van der Waals surface area contributed by atoms with Gasteiger partial charge >= 0.3 is 0 Å². The highest BCUT2D eigenvalue weighted by atomic mass is 35.5. The molecule has 1 amide bonds. The smallest absolute Gasteiger partial charge is 0.222 e. The highest BCUT2D eigenvalue weighted by molar-refractivity contribution is 5.85. The first-order valence-corrected chi connectivity index (χ1v) is 7.21. The second-order valence-corrected chi connectivity index (χ2v) is 5.37. The van der Waals surface area contributed by atoms with Gasteiger partial charge in [-0.3, -0.25) is 4.79 Å². The van der Waals surface area contributed by atoms with Gasteiger partial charge in [-0.2, -0.15) is 0 Å². The lowest BCUT2D eigenvalue weighted by Gasteiger charge is -2.29. The van der Waals surface area contributed by atoms with Crippen molar-refractivity contribution in [1.82, 2.24) is 5.32 Å². The van der Waals surface area contributed by atoms with E-state index >= 15 is 0 Å². The number of amides is 1. The molecule has 0 aliphatic heterocycles. The summed E-state index contributed by atoms with van der Waals surface area (Å²) in [5.41, 5.74) is 5.51. The fourth-order valence-corrected chi connectivity index (χ4v) is 2.76. The van der Waals surface area contributed by atoms with Crippen molar-refractivity contribution in [2.75, 3.05) is 13.7 Å². The minimum atomic E-state index is -0.151. The van der Waals surface area contributed by atoms with Crippen molar-refractivity contribution >= 4 is 18.3 Å². The summed E-state index contributed by atoms with van der Waals surface area (Å²) in [6.07, 6.45) is 7.58. The van der Waals surface area contributed by atoms with E-state index in [1.165, 1.54) is 25.7 Å². The molecule has 114 valence electrons. The van der Waals surface area contributed by atoms with Crippen LogP contribution in [0.2, 0.25) is 0 Å². The van der Waals surface area contributed by atoms with Gasteiger partial charge in [0.25, 0.3) is 0 Å². The summed E-state index contributed by atoms with van der Waals surface area (Å²) < 4.78 is 5.12. The van der Waals surface area contributed by atoms with E-state index in [1.807, 2.05) is 0 Å². The van der Waals surface area contributed by atoms with Crippen molar-refractivity contribution in [2.24, 2.45) is 11.7 Å². The molecule has 3 N–H and O–H groups in total. The first kappa shape index (κ1) is 18.7. The third kappa shape index (κ3) is 7.14. The zero-order chi connectivity index (χ0) is 13.4. The van der Waals surface area contributed by atoms with E-state index in [2.05, 4.69) is 12.2 Å². The van der Waals surface area contributed by atoms with Crippen LogP contribution < -0.4 is 11.1 Å². The van der Waals surface area contributed by atoms with Crippen molar-refractivity contribution in [2.45, 2.75) is 64.0 Å². The Balaban J connectivity index is 0.00000324. The maximum Gasteiger partial charge on any atom is 0.222 e. The largest absolute Gasteiger partial charge is 0.380 e. The third-order valence-corrected chi connectivity index (χ3v) is 3.92. The maximum absolute atomic E-state index is 11.8. The van der Waals surface area contributed by atoms with Crippen LogP contribution in [-0.2, 0) is 9.53 Å². The van der Waals surface area contributed by atoms with E-state index in [0.717, 1.165) is 18.8 Å². The van der Waals surface area contributed by atoms with Crippen LogP contribution >= 0.6 is 12.4 Å². The molecular weight excluding hydrogens is 264 g/mol. The number of nitrogens with one attached hydrogen (secondary N) is 1. The van der Waals surface area contributed by atoms with Gasteiger partial charge in [0.2, 0.25) is 5.91 Å². The molecule has 0 spiro atoms. The number of methoxy groups -OCH3 is 1. The Hall–Kier alpha value is -0.320. The average molecular weight is 293 g/mol. The number of nitrogens with two attached hydrogens (primary N) is 1. The van der Waals surface area contributed by atoms with Crippen molar-refractivity contribution in [3.05, 3.63) is 0 Å². The monoisotopic (exact) mass is 292 g/mol. The molecule has 5 heteroatoms. The minimum Gasteiger partial charge on any atom is -0.380 e. The number of hydrogen-bond donors (Lipinski definition) is 2. The summed E-state index contributed by atoms with van der Waals surface area (Å²) in [6, 6.07) is 0.362. The van der Waals surface area contributed by atoms with Crippen molar-refractivity contribution in [3.63, 3.8) is 0 Å². The molecule has 0 saturated heterocycles. The Labute approximate surface area is 123 Å². The van der Waals surface area contributed by atoms with E-state index in [1.54, 1.807) is 7.11 Å². The van der Waals surface area contributed by atoms with Gasteiger partial charge < -0.3 is 15.8 Å². The second-order valence-electron chi connectivity index (χ2n) is 5.37. The number of carbonyl (C=O) groups excluding carboxylic acids is 1. The van der Waals surface area contributed by atoms with E-state index in [4.69, 9.17) is 10.5 Å². The van der Waals surface area contributed by atoms with E-state index < -0.39 is 0 Å². The molecule has 0 aromatic carbocycles. The molecule has 1 aliphatic rings. The fraction of sp³-hybridized carbons (Fsp3) is 0.929. The molecule has 1 atom stereocenters. The minimum absolute atomic E-state index is 0. The maximum atomic E-state index is 11.8. The standard InChI is InChI=1S/C14H28N2O2.ClH/c1-3-4-11-5-7-12(8-6-11)16-14(17)9-13(10-15)18-2;/h11-13H,3-10,15H2,1-2H3,(H,16,17);1H. The number of carbonyl (C=O) groups is 1. The molecule has 0 aromatic rings. The average Bonchev–Trinajstić information content (AvgIpc) is 2.38. The first-order valence-electron chi connectivity index (χ1n) is 7.21. The van der Waals surface area contributed by atoms with Crippen molar-refractivity contribution < 1.29 is 9.53 Å². The zero-order valence-corrected chi connectivity index (χ0v) is 13.0. The van der Waals surface area contributed by atoms with Crippen LogP contribution in [0.25, 0.3) is 0 Å². The van der Waals surface area contributed by atoms with Gasteiger partial charge in [-0.1, -0.05) is 19.8 Å². The number of hydrogen-bond acceptors (Lipinski definition) is 3. The quantitative estimate of drug-likeness (QED) is 0.756. The van der Waals surface area contributed by atoms with Gasteiger partial charge in [-0.05, 0) is 31.6 Å². The molecule has 1 fully saturated rings. The van der Waals surface area contributed by atoms with Crippen LogP contribution in [0.15, 0.2) is 0 Å². The fourth-order valence-electron chi connectivity index (χ4n) is 2.76. The lowest BCUT2D eigenvalue weighted by molar-refractivity contribution is -0.124. The normalized spacial score (nSPS) is 24.4. The molecule has 0 bridgehead atoms. The molecule has 0 radical (unpaired) electrons. The molecule has 19 heavy (non-hydrogen) atoms. The summed E-state index contributed by atoms with van der Waals surface area (Å²) in [4.78, 5) is 11.8. The molecule has 1 unspecified atom stereocenters. The van der Waals surface area contributed by atoms with Crippen LogP contribution in [0, 0.1) is 5.92 Å². The number of halogens is 1. The Bertz CT molecular complexity index is 240. The van der Waals surface area contributed by atoms with Crippen LogP contribution in [0.3, 0.4) is 0 Å². The summed E-state index contributed by atoms with van der Waals surface area (Å²) in [5.74, 6) is 0.949. The molecule has 1 saturated carbocycles. The molecule has 1 rings (SSSR count). The van der Waals surface area contributed by atoms with Crippen LogP contribution in [0.1, 0.15) is 51.9 Å². The summed E-state index contributed by atoms with van der Waals surface area (Å²) in [5, 5.41) is 3.11. The first-order chi connectivity index (χ1) is 8.69. The zero-order valence-electron chi connectivity index (χ0n) is 12.2. The van der Waals surface area contributed by atoms with Gasteiger partial charge in [0.05, 0.1) is 12.5 Å². The summed E-state index contributed by atoms with van der Waals surface area (Å²) in [6.45, 7) is 2.64. The second kappa shape index (κ2) is 10.5. The van der Waals surface area contributed by atoms with Crippen LogP contribution in [0.5, 0.6) is 0 Å². The van der Waals surface area contributed by atoms with Gasteiger partial charge in [0.1, 0.15) is 0 Å². The van der Waals surface area contributed by atoms with E-state index in [0.29, 0.717) is 19.0 Å². The SMILES string of the molecule is CCCC1CCC(NC(=O)CC(CN)OC)CC1.Cl. The number of ether oxygens (including phenoxy) is 1. The highest BCUT2D eigenvalue weighted by Gasteiger charge is 2.22. The predicted octanol–water partition coefficient (Wildman–Crippen LogP) is 2.25. The van der Waals surface area contributed by atoms with Crippen LogP contribution in [0.4, 0.5) is 0 Å². The predicted molar refractivity (Wildman–Crippen MR) is 80.5 cm³/mol. The Morgan fingerprint density at radius 3 is 2.47 bits per heavy atom. The highest BCUT2D eigenvalue weighted by Crippen LogP contribution is 2.27. The van der Waals surface area contributed by atoms with Crippen molar-refractivity contribution in [3.8, 4) is 0 Å². The Morgan fingerprint density at radius 1 is 1.37 bits per heavy atom. The lowest BCUT2D eigenvalue weighted by atomic mass is 9.83. The topological polar surface area (TPSA) is 64.4 Å². The van der Waals surface area contributed by atoms with Crippen molar-refractivity contribution in [1.29, 1.82) is 0 Å². The Kier molecular flexibility index (Phi) is 10.3. The van der Waals surface area contributed by atoms with Gasteiger partial charge in [-0.25, -0.2) is 0 Å². The molecule has 0 heterocycles. The lowest BCUT2D eigenvalue weighted by Crippen LogP contribution is -2.40. The molecule has 1 aliphatic carbocycles. The van der Waals surface area contributed by atoms with E-state index in [9.17, 15) is 4.79 Å². The molecular formula is C14H29ClN2O2. The van der Waals surface area contributed by atoms with Gasteiger partial charge in [0.15, 0.2) is 0 Å².